The van der Waals surface area contributed by atoms with E-state index < -0.39 is 0 Å². The number of aromatic nitrogens is 1. The Morgan fingerprint density at radius 2 is 2.08 bits per heavy atom. The summed E-state index contributed by atoms with van der Waals surface area (Å²) in [5.74, 6) is 0.713. The highest BCUT2D eigenvalue weighted by Gasteiger charge is 2.32. The van der Waals surface area contributed by atoms with Crippen LogP contribution in [-0.4, -0.2) is 41.5 Å². The fourth-order valence-corrected chi connectivity index (χ4v) is 3.96. The maximum absolute atomic E-state index is 12.8. The molecule has 0 spiro atoms. The number of hydrogen-bond acceptors (Lipinski definition) is 4. The van der Waals surface area contributed by atoms with Gasteiger partial charge >= 0.3 is 0 Å². The highest BCUT2D eigenvalue weighted by atomic mass is 32.1. The Bertz CT molecular complexity index is 642. The third-order valence-corrected chi connectivity index (χ3v) is 5.50. The molecule has 1 amide bonds. The average Bonchev–Trinajstić information content (AvgIpc) is 3.14. The van der Waals surface area contributed by atoms with E-state index in [0.29, 0.717) is 12.3 Å². The van der Waals surface area contributed by atoms with E-state index in [9.17, 15) is 4.79 Å². The first kappa shape index (κ1) is 17.0. The van der Waals surface area contributed by atoms with Crippen molar-refractivity contribution in [2.24, 2.45) is 5.92 Å². The van der Waals surface area contributed by atoms with Crippen molar-refractivity contribution in [1.29, 1.82) is 0 Å². The number of rotatable bonds is 5. The Morgan fingerprint density at radius 3 is 2.75 bits per heavy atom. The van der Waals surface area contributed by atoms with E-state index in [1.54, 1.807) is 11.3 Å². The molecule has 0 saturated carbocycles. The quantitative estimate of drug-likeness (QED) is 0.834. The summed E-state index contributed by atoms with van der Waals surface area (Å²) in [6, 6.07) is 10.5. The van der Waals surface area contributed by atoms with Crippen LogP contribution in [0, 0.1) is 5.92 Å². The van der Waals surface area contributed by atoms with Gasteiger partial charge in [0.15, 0.2) is 5.13 Å². The van der Waals surface area contributed by atoms with Gasteiger partial charge in [0.05, 0.1) is 6.04 Å². The summed E-state index contributed by atoms with van der Waals surface area (Å²) >= 11 is 1.67. The zero-order valence-electron chi connectivity index (χ0n) is 14.4. The van der Waals surface area contributed by atoms with Gasteiger partial charge in [0, 0.05) is 37.6 Å². The Hall–Kier alpha value is -1.88. The molecule has 2 aromatic rings. The summed E-state index contributed by atoms with van der Waals surface area (Å²) in [4.78, 5) is 21.6. The second-order valence-corrected chi connectivity index (χ2v) is 7.52. The van der Waals surface area contributed by atoms with Crippen molar-refractivity contribution in [1.82, 2.24) is 9.88 Å². The SMILES string of the molecule is CC(C)C1CN(c2nccs2)CCN1C(=O)CCc1ccccc1. The van der Waals surface area contributed by atoms with Crippen molar-refractivity contribution in [3.05, 3.63) is 47.5 Å². The molecule has 1 aliphatic rings. The molecular formula is C19H25N3OS. The normalized spacial score (nSPS) is 18.2. The van der Waals surface area contributed by atoms with Gasteiger partial charge in [0.1, 0.15) is 0 Å². The Kier molecular flexibility index (Phi) is 5.51. The molecular weight excluding hydrogens is 318 g/mol. The van der Waals surface area contributed by atoms with Crippen LogP contribution in [-0.2, 0) is 11.2 Å². The molecule has 1 aromatic heterocycles. The van der Waals surface area contributed by atoms with Crippen molar-refractivity contribution in [2.45, 2.75) is 32.7 Å². The van der Waals surface area contributed by atoms with Gasteiger partial charge in [-0.05, 0) is 17.9 Å². The summed E-state index contributed by atoms with van der Waals surface area (Å²) in [7, 11) is 0. The van der Waals surface area contributed by atoms with Crippen molar-refractivity contribution < 1.29 is 4.79 Å². The first-order chi connectivity index (χ1) is 11.6. The predicted octanol–water partition coefficient (Wildman–Crippen LogP) is 3.45. The molecule has 128 valence electrons. The van der Waals surface area contributed by atoms with Gasteiger partial charge in [-0.3, -0.25) is 4.79 Å². The smallest absolute Gasteiger partial charge is 0.223 e. The van der Waals surface area contributed by atoms with Crippen LogP contribution < -0.4 is 4.90 Å². The lowest BCUT2D eigenvalue weighted by Gasteiger charge is -2.43. The molecule has 0 aliphatic carbocycles. The predicted molar refractivity (Wildman–Crippen MR) is 99.4 cm³/mol. The number of piperazine rings is 1. The number of aryl methyl sites for hydroxylation is 1. The molecule has 2 heterocycles. The van der Waals surface area contributed by atoms with Crippen molar-refractivity contribution in [3.8, 4) is 0 Å². The highest BCUT2D eigenvalue weighted by Crippen LogP contribution is 2.25. The summed E-state index contributed by atoms with van der Waals surface area (Å²) in [5, 5.41) is 3.08. The van der Waals surface area contributed by atoms with Crippen LogP contribution in [0.5, 0.6) is 0 Å². The second kappa shape index (κ2) is 7.79. The van der Waals surface area contributed by atoms with Crippen LogP contribution in [0.2, 0.25) is 0 Å². The van der Waals surface area contributed by atoms with E-state index in [1.165, 1.54) is 5.56 Å². The van der Waals surface area contributed by atoms with E-state index in [-0.39, 0.29) is 11.9 Å². The van der Waals surface area contributed by atoms with Gasteiger partial charge < -0.3 is 9.80 Å². The van der Waals surface area contributed by atoms with E-state index in [4.69, 9.17) is 0 Å². The van der Waals surface area contributed by atoms with Crippen LogP contribution in [0.1, 0.15) is 25.8 Å². The molecule has 1 aromatic carbocycles. The third-order valence-electron chi connectivity index (χ3n) is 4.67. The maximum atomic E-state index is 12.8. The number of amides is 1. The maximum Gasteiger partial charge on any atom is 0.223 e. The Morgan fingerprint density at radius 1 is 1.29 bits per heavy atom. The van der Waals surface area contributed by atoms with E-state index >= 15 is 0 Å². The van der Waals surface area contributed by atoms with Crippen LogP contribution in [0.25, 0.3) is 0 Å². The van der Waals surface area contributed by atoms with Crippen molar-refractivity contribution in [3.63, 3.8) is 0 Å². The number of thiazole rings is 1. The molecule has 1 unspecified atom stereocenters. The number of benzene rings is 1. The standard InChI is InChI=1S/C19H25N3OS/c1-15(2)17-14-21(19-20-10-13-24-19)11-12-22(17)18(23)9-8-16-6-4-3-5-7-16/h3-7,10,13,15,17H,8-9,11-12,14H2,1-2H3. The summed E-state index contributed by atoms with van der Waals surface area (Å²) < 4.78 is 0. The minimum atomic E-state index is 0.255. The second-order valence-electron chi connectivity index (χ2n) is 6.64. The molecule has 1 atom stereocenters. The average molecular weight is 343 g/mol. The molecule has 3 rings (SSSR count). The third kappa shape index (κ3) is 3.96. The first-order valence-electron chi connectivity index (χ1n) is 8.63. The largest absolute Gasteiger partial charge is 0.344 e. The van der Waals surface area contributed by atoms with Crippen molar-refractivity contribution >= 4 is 22.4 Å². The minimum absolute atomic E-state index is 0.255. The number of carbonyl (C=O) groups excluding carboxylic acids is 1. The first-order valence-corrected chi connectivity index (χ1v) is 9.51. The van der Waals surface area contributed by atoms with E-state index in [0.717, 1.165) is 31.2 Å². The molecule has 4 nitrogen and oxygen atoms in total. The van der Waals surface area contributed by atoms with Gasteiger partial charge in [-0.25, -0.2) is 4.98 Å². The molecule has 1 fully saturated rings. The van der Waals surface area contributed by atoms with Crippen LogP contribution in [0.3, 0.4) is 0 Å². The molecule has 1 aliphatic heterocycles. The molecule has 0 bridgehead atoms. The minimum Gasteiger partial charge on any atom is -0.344 e. The molecule has 24 heavy (non-hydrogen) atoms. The molecule has 1 saturated heterocycles. The number of anilines is 1. The van der Waals surface area contributed by atoms with Crippen molar-refractivity contribution in [2.75, 3.05) is 24.5 Å². The van der Waals surface area contributed by atoms with Crippen LogP contribution in [0.15, 0.2) is 41.9 Å². The fraction of sp³-hybridized carbons (Fsp3) is 0.474. The van der Waals surface area contributed by atoms with E-state index in [1.807, 2.05) is 29.8 Å². The van der Waals surface area contributed by atoms with Crippen LogP contribution in [0.4, 0.5) is 5.13 Å². The summed E-state index contributed by atoms with van der Waals surface area (Å²) in [6.07, 6.45) is 3.25. The van der Waals surface area contributed by atoms with E-state index in [2.05, 4.69) is 40.8 Å². The lowest BCUT2D eigenvalue weighted by atomic mass is 9.98. The zero-order valence-corrected chi connectivity index (χ0v) is 15.2. The number of hydrogen-bond donors (Lipinski definition) is 0. The lowest BCUT2D eigenvalue weighted by molar-refractivity contribution is -0.134. The topological polar surface area (TPSA) is 36.4 Å². The van der Waals surface area contributed by atoms with Gasteiger partial charge in [-0.1, -0.05) is 44.2 Å². The van der Waals surface area contributed by atoms with Gasteiger partial charge in [0.25, 0.3) is 0 Å². The molecule has 0 radical (unpaired) electrons. The monoisotopic (exact) mass is 343 g/mol. The Balaban J connectivity index is 1.62. The summed E-state index contributed by atoms with van der Waals surface area (Å²) in [5.41, 5.74) is 1.23. The van der Waals surface area contributed by atoms with Gasteiger partial charge in [-0.2, -0.15) is 0 Å². The fourth-order valence-electron chi connectivity index (χ4n) is 3.28. The lowest BCUT2D eigenvalue weighted by Crippen LogP contribution is -2.57. The Labute approximate surface area is 148 Å². The number of nitrogens with zero attached hydrogens (tertiary/aromatic N) is 3. The molecule has 0 N–H and O–H groups in total. The number of carbonyl (C=O) groups is 1. The zero-order chi connectivity index (χ0) is 16.9. The summed E-state index contributed by atoms with van der Waals surface area (Å²) in [6.45, 7) is 6.94. The highest BCUT2D eigenvalue weighted by molar-refractivity contribution is 7.13. The van der Waals surface area contributed by atoms with Gasteiger partial charge in [0.2, 0.25) is 5.91 Å². The van der Waals surface area contributed by atoms with Gasteiger partial charge in [-0.15, -0.1) is 11.3 Å². The molecule has 5 heteroatoms. The van der Waals surface area contributed by atoms with Crippen LogP contribution >= 0.6 is 11.3 Å².